The van der Waals surface area contributed by atoms with Crippen molar-refractivity contribution in [2.75, 3.05) is 26.4 Å². The highest BCUT2D eigenvalue weighted by Gasteiger charge is 2.17. The highest BCUT2D eigenvalue weighted by Crippen LogP contribution is 2.20. The van der Waals surface area contributed by atoms with Gasteiger partial charge in [-0.1, -0.05) is 0 Å². The molecule has 0 radical (unpaired) electrons. The van der Waals surface area contributed by atoms with E-state index >= 15 is 0 Å². The predicted octanol–water partition coefficient (Wildman–Crippen LogP) is 0.441. The topological polar surface area (TPSA) is 82.4 Å². The van der Waals surface area contributed by atoms with E-state index in [1.807, 2.05) is 13.8 Å². The van der Waals surface area contributed by atoms with Crippen molar-refractivity contribution in [1.29, 1.82) is 5.26 Å². The molecule has 0 aromatic rings. The van der Waals surface area contributed by atoms with Crippen molar-refractivity contribution >= 4 is 5.91 Å². The normalized spacial score (nSPS) is 10.9. The molecule has 0 rings (SSSR count). The van der Waals surface area contributed by atoms with E-state index in [2.05, 4.69) is 11.4 Å². The van der Waals surface area contributed by atoms with Crippen LogP contribution in [-0.4, -0.2) is 37.4 Å². The number of hydrogen-bond acceptors (Lipinski definition) is 4. The second-order valence-electron chi connectivity index (χ2n) is 4.18. The van der Waals surface area contributed by atoms with Gasteiger partial charge in [-0.3, -0.25) is 4.79 Å². The summed E-state index contributed by atoms with van der Waals surface area (Å²) in [6.07, 6.45) is 0.896. The monoisotopic (exact) mass is 228 g/mol. The zero-order valence-electron chi connectivity index (χ0n) is 9.95. The van der Waals surface area contributed by atoms with Crippen LogP contribution in [0.3, 0.4) is 0 Å². The highest BCUT2D eigenvalue weighted by molar-refractivity contribution is 5.75. The van der Waals surface area contributed by atoms with Crippen LogP contribution in [0.2, 0.25) is 0 Å². The summed E-state index contributed by atoms with van der Waals surface area (Å²) in [6, 6.07) is 2.15. The third kappa shape index (κ3) is 8.21. The molecule has 0 aliphatic carbocycles. The molecule has 0 aliphatic heterocycles. The lowest BCUT2D eigenvalue weighted by Gasteiger charge is -2.14. The molecule has 0 fully saturated rings. The summed E-state index contributed by atoms with van der Waals surface area (Å²) in [5.74, 6) is -0.0732. The fourth-order valence-electron chi connectivity index (χ4n) is 1.000. The molecule has 0 atom stereocenters. The van der Waals surface area contributed by atoms with Gasteiger partial charge in [-0.25, -0.2) is 0 Å². The van der Waals surface area contributed by atoms with Gasteiger partial charge in [0.05, 0.1) is 31.3 Å². The van der Waals surface area contributed by atoms with Gasteiger partial charge in [0.1, 0.15) is 0 Å². The van der Waals surface area contributed by atoms with E-state index in [9.17, 15) is 4.79 Å². The van der Waals surface area contributed by atoms with Crippen molar-refractivity contribution in [3.8, 4) is 6.07 Å². The van der Waals surface area contributed by atoms with Crippen LogP contribution in [0.1, 0.15) is 26.7 Å². The number of hydrogen-bond donors (Lipinski definition) is 2. The van der Waals surface area contributed by atoms with Crippen molar-refractivity contribution < 1.29 is 14.6 Å². The summed E-state index contributed by atoms with van der Waals surface area (Å²) in [5.41, 5.74) is -0.454. The second-order valence-corrected chi connectivity index (χ2v) is 4.18. The smallest absolute Gasteiger partial charge is 0.220 e. The minimum Gasteiger partial charge on any atom is -0.394 e. The molecule has 0 heterocycles. The SMILES string of the molecule is CC(C)(C#N)CCC(=O)NCCOCCO. The number of aliphatic hydroxyl groups is 1. The van der Waals surface area contributed by atoms with Crippen molar-refractivity contribution in [2.24, 2.45) is 5.41 Å². The van der Waals surface area contributed by atoms with Crippen LogP contribution in [0.25, 0.3) is 0 Å². The third-order valence-corrected chi connectivity index (χ3v) is 2.08. The molecule has 0 saturated carbocycles. The lowest BCUT2D eigenvalue weighted by atomic mass is 9.90. The van der Waals surface area contributed by atoms with Crippen molar-refractivity contribution in [2.45, 2.75) is 26.7 Å². The van der Waals surface area contributed by atoms with E-state index < -0.39 is 5.41 Å². The lowest BCUT2D eigenvalue weighted by molar-refractivity contribution is -0.121. The first-order valence-corrected chi connectivity index (χ1v) is 5.38. The molecule has 0 bridgehead atoms. The van der Waals surface area contributed by atoms with Crippen molar-refractivity contribution in [3.05, 3.63) is 0 Å². The Hall–Kier alpha value is -1.12. The van der Waals surface area contributed by atoms with Crippen LogP contribution in [0.5, 0.6) is 0 Å². The van der Waals surface area contributed by atoms with Crippen LogP contribution >= 0.6 is 0 Å². The molecule has 2 N–H and O–H groups in total. The number of carbonyl (C=O) groups excluding carboxylic acids is 1. The Balaban J connectivity index is 3.50. The molecule has 0 aromatic heterocycles. The maximum Gasteiger partial charge on any atom is 0.220 e. The van der Waals surface area contributed by atoms with E-state index in [4.69, 9.17) is 15.1 Å². The number of amides is 1. The first kappa shape index (κ1) is 14.9. The van der Waals surface area contributed by atoms with Crippen LogP contribution < -0.4 is 5.32 Å². The average Bonchev–Trinajstić information content (AvgIpc) is 2.26. The van der Waals surface area contributed by atoms with Gasteiger partial charge in [0.15, 0.2) is 0 Å². The van der Waals surface area contributed by atoms with Gasteiger partial charge in [0.2, 0.25) is 5.91 Å². The Kier molecular flexibility index (Phi) is 7.52. The number of aliphatic hydroxyl groups excluding tert-OH is 1. The Labute approximate surface area is 96.4 Å². The fourth-order valence-corrected chi connectivity index (χ4v) is 1.000. The van der Waals surface area contributed by atoms with Gasteiger partial charge in [0, 0.05) is 13.0 Å². The van der Waals surface area contributed by atoms with Crippen molar-refractivity contribution in [1.82, 2.24) is 5.32 Å². The zero-order valence-corrected chi connectivity index (χ0v) is 9.95. The fraction of sp³-hybridized carbons (Fsp3) is 0.818. The number of nitriles is 1. The van der Waals surface area contributed by atoms with E-state index in [0.29, 0.717) is 26.0 Å². The lowest BCUT2D eigenvalue weighted by Crippen LogP contribution is -2.28. The van der Waals surface area contributed by atoms with Gasteiger partial charge in [0.25, 0.3) is 0 Å². The third-order valence-electron chi connectivity index (χ3n) is 2.08. The largest absolute Gasteiger partial charge is 0.394 e. The molecule has 0 unspecified atom stereocenters. The molecule has 0 saturated heterocycles. The van der Waals surface area contributed by atoms with E-state index in [1.165, 1.54) is 0 Å². The minimum atomic E-state index is -0.454. The Morgan fingerprint density at radius 2 is 2.19 bits per heavy atom. The molecule has 0 aromatic carbocycles. The Morgan fingerprint density at radius 1 is 1.50 bits per heavy atom. The molecule has 0 aliphatic rings. The molecule has 5 nitrogen and oxygen atoms in total. The van der Waals surface area contributed by atoms with Gasteiger partial charge < -0.3 is 15.2 Å². The Morgan fingerprint density at radius 3 is 2.75 bits per heavy atom. The van der Waals surface area contributed by atoms with Gasteiger partial charge in [-0.15, -0.1) is 0 Å². The standard InChI is InChI=1S/C11H20N2O3/c1-11(2,9-12)4-3-10(15)13-5-7-16-8-6-14/h14H,3-8H2,1-2H3,(H,13,15). The molecule has 1 amide bonds. The number of nitrogens with zero attached hydrogens (tertiary/aromatic N) is 1. The van der Waals surface area contributed by atoms with Crippen LogP contribution in [0, 0.1) is 16.7 Å². The number of nitrogens with one attached hydrogen (secondary N) is 1. The van der Waals surface area contributed by atoms with Crippen molar-refractivity contribution in [3.63, 3.8) is 0 Å². The second kappa shape index (κ2) is 8.08. The molecule has 92 valence electrons. The molecule has 16 heavy (non-hydrogen) atoms. The van der Waals surface area contributed by atoms with E-state index in [1.54, 1.807) is 0 Å². The molecular formula is C11H20N2O3. The Bertz CT molecular complexity index is 246. The van der Waals surface area contributed by atoms with Gasteiger partial charge >= 0.3 is 0 Å². The summed E-state index contributed by atoms with van der Waals surface area (Å²) < 4.78 is 4.98. The minimum absolute atomic E-state index is 0.00962. The summed E-state index contributed by atoms with van der Waals surface area (Å²) >= 11 is 0. The quantitative estimate of drug-likeness (QED) is 0.591. The van der Waals surface area contributed by atoms with Crippen LogP contribution in [0.4, 0.5) is 0 Å². The van der Waals surface area contributed by atoms with E-state index in [0.717, 1.165) is 0 Å². The summed E-state index contributed by atoms with van der Waals surface area (Å²) in [4.78, 5) is 11.3. The zero-order chi connectivity index (χ0) is 12.4. The maximum atomic E-state index is 11.3. The van der Waals surface area contributed by atoms with Crippen LogP contribution in [-0.2, 0) is 9.53 Å². The van der Waals surface area contributed by atoms with Crippen LogP contribution in [0.15, 0.2) is 0 Å². The summed E-state index contributed by atoms with van der Waals surface area (Å²) in [6.45, 7) is 4.73. The molecule has 0 spiro atoms. The summed E-state index contributed by atoms with van der Waals surface area (Å²) in [7, 11) is 0. The first-order chi connectivity index (χ1) is 7.52. The predicted molar refractivity (Wildman–Crippen MR) is 59.5 cm³/mol. The summed E-state index contributed by atoms with van der Waals surface area (Å²) in [5, 5.41) is 19.9. The number of ether oxygens (including phenoxy) is 1. The van der Waals surface area contributed by atoms with E-state index in [-0.39, 0.29) is 19.1 Å². The van der Waals surface area contributed by atoms with Gasteiger partial charge in [-0.05, 0) is 20.3 Å². The highest BCUT2D eigenvalue weighted by atomic mass is 16.5. The molecule has 5 heteroatoms. The number of carbonyl (C=O) groups is 1. The first-order valence-electron chi connectivity index (χ1n) is 5.38. The average molecular weight is 228 g/mol. The van der Waals surface area contributed by atoms with Gasteiger partial charge in [-0.2, -0.15) is 5.26 Å². The maximum absolute atomic E-state index is 11.3. The molecular weight excluding hydrogens is 208 g/mol. The number of rotatable bonds is 8.